The quantitative estimate of drug-likeness (QED) is 0.947. The van der Waals surface area contributed by atoms with Gasteiger partial charge in [-0.15, -0.1) is 0 Å². The second-order valence-corrected chi connectivity index (χ2v) is 5.89. The summed E-state index contributed by atoms with van der Waals surface area (Å²) >= 11 is 3.26. The van der Waals surface area contributed by atoms with Crippen molar-refractivity contribution in [1.82, 2.24) is 4.98 Å². The molecule has 1 aromatic heterocycles. The molecule has 0 aliphatic carbocycles. The molecule has 4 nitrogen and oxygen atoms in total. The number of sulfonamides is 1. The highest BCUT2D eigenvalue weighted by atomic mass is 79.9. The van der Waals surface area contributed by atoms with E-state index in [0.29, 0.717) is 5.69 Å². The molecule has 88 valence electrons. The Morgan fingerprint density at radius 1 is 1.00 bits per heavy atom. The van der Waals surface area contributed by atoms with Crippen LogP contribution in [-0.4, -0.2) is 13.4 Å². The van der Waals surface area contributed by atoms with Crippen LogP contribution in [0.4, 0.5) is 5.69 Å². The highest BCUT2D eigenvalue weighted by molar-refractivity contribution is 9.10. The zero-order valence-electron chi connectivity index (χ0n) is 8.67. The molecule has 0 unspecified atom stereocenters. The molecule has 2 aromatic rings. The summed E-state index contributed by atoms with van der Waals surface area (Å²) in [7, 11) is -3.53. The molecule has 1 aromatic carbocycles. The molecular weight excluding hydrogens is 304 g/mol. The van der Waals surface area contributed by atoms with Gasteiger partial charge in [-0.3, -0.25) is 9.71 Å². The van der Waals surface area contributed by atoms with Crippen LogP contribution in [0.2, 0.25) is 0 Å². The van der Waals surface area contributed by atoms with E-state index < -0.39 is 10.0 Å². The molecule has 1 N–H and O–H groups in total. The zero-order valence-corrected chi connectivity index (χ0v) is 11.1. The van der Waals surface area contributed by atoms with Crippen molar-refractivity contribution in [3.63, 3.8) is 0 Å². The van der Waals surface area contributed by atoms with Crippen molar-refractivity contribution in [3.8, 4) is 0 Å². The molecule has 0 saturated carbocycles. The maximum absolute atomic E-state index is 12.0. The molecule has 0 aliphatic heterocycles. The summed E-state index contributed by atoms with van der Waals surface area (Å²) in [5.41, 5.74) is 0.489. The Bertz CT molecular complexity index is 597. The Morgan fingerprint density at radius 3 is 2.18 bits per heavy atom. The number of aromatic nitrogens is 1. The van der Waals surface area contributed by atoms with Gasteiger partial charge in [-0.25, -0.2) is 8.42 Å². The molecule has 2 rings (SSSR count). The van der Waals surface area contributed by atoms with E-state index in [2.05, 4.69) is 25.6 Å². The summed E-state index contributed by atoms with van der Waals surface area (Å²) in [4.78, 5) is 4.04. The van der Waals surface area contributed by atoms with E-state index in [0.717, 1.165) is 4.47 Å². The molecule has 17 heavy (non-hydrogen) atoms. The monoisotopic (exact) mass is 312 g/mol. The summed E-state index contributed by atoms with van der Waals surface area (Å²) in [6.45, 7) is 0. The molecule has 6 heteroatoms. The van der Waals surface area contributed by atoms with Crippen molar-refractivity contribution in [2.45, 2.75) is 4.90 Å². The lowest BCUT2D eigenvalue weighted by molar-refractivity contribution is 0.601. The van der Waals surface area contributed by atoms with Crippen LogP contribution in [-0.2, 0) is 10.0 Å². The second-order valence-electron chi connectivity index (χ2n) is 3.30. The van der Waals surface area contributed by atoms with Crippen LogP contribution >= 0.6 is 15.9 Å². The standard InChI is InChI=1S/C11H9BrN2O2S/c12-9-1-3-11(4-2-9)17(15,16)14-10-5-7-13-8-6-10/h1-8H,(H,13,14). The van der Waals surface area contributed by atoms with Crippen molar-refractivity contribution in [2.24, 2.45) is 0 Å². The fraction of sp³-hybridized carbons (Fsp3) is 0. The largest absolute Gasteiger partial charge is 0.280 e. The number of nitrogens with one attached hydrogen (secondary N) is 1. The Labute approximate surface area is 108 Å². The number of hydrogen-bond donors (Lipinski definition) is 1. The molecule has 0 atom stereocenters. The van der Waals surface area contributed by atoms with Crippen molar-refractivity contribution in [3.05, 3.63) is 53.3 Å². The van der Waals surface area contributed by atoms with Gasteiger partial charge >= 0.3 is 0 Å². The third-order valence-corrected chi connectivity index (χ3v) is 3.98. The minimum absolute atomic E-state index is 0.220. The Balaban J connectivity index is 2.29. The van der Waals surface area contributed by atoms with Crippen molar-refractivity contribution >= 4 is 31.6 Å². The zero-order chi connectivity index (χ0) is 12.3. The first-order valence-corrected chi connectivity index (χ1v) is 7.04. The first-order valence-electron chi connectivity index (χ1n) is 4.76. The van der Waals surface area contributed by atoms with E-state index in [1.165, 1.54) is 24.5 Å². The number of anilines is 1. The van der Waals surface area contributed by atoms with Crippen LogP contribution in [0.3, 0.4) is 0 Å². The van der Waals surface area contributed by atoms with Crippen molar-refractivity contribution in [2.75, 3.05) is 4.72 Å². The summed E-state index contributed by atoms with van der Waals surface area (Å²) in [5, 5.41) is 0. The molecule has 0 spiro atoms. The first kappa shape index (κ1) is 12.1. The second kappa shape index (κ2) is 4.85. The van der Waals surface area contributed by atoms with Gasteiger partial charge in [-0.2, -0.15) is 0 Å². The van der Waals surface area contributed by atoms with Crippen LogP contribution in [0.15, 0.2) is 58.2 Å². The summed E-state index contributed by atoms with van der Waals surface area (Å²) < 4.78 is 27.2. The fourth-order valence-electron chi connectivity index (χ4n) is 1.25. The summed E-state index contributed by atoms with van der Waals surface area (Å²) in [6.07, 6.45) is 3.05. The summed E-state index contributed by atoms with van der Waals surface area (Å²) in [6, 6.07) is 9.62. The molecule has 0 radical (unpaired) electrons. The predicted octanol–water partition coefficient (Wildman–Crippen LogP) is 2.64. The van der Waals surface area contributed by atoms with Crippen LogP contribution in [0.25, 0.3) is 0 Å². The minimum atomic E-state index is -3.53. The number of benzene rings is 1. The Kier molecular flexibility index (Phi) is 3.44. The molecule has 0 aliphatic rings. The molecule has 0 fully saturated rings. The number of nitrogens with zero attached hydrogens (tertiary/aromatic N) is 1. The Morgan fingerprint density at radius 2 is 1.59 bits per heavy atom. The van der Waals surface area contributed by atoms with Gasteiger partial charge in [0.05, 0.1) is 10.6 Å². The lowest BCUT2D eigenvalue weighted by Crippen LogP contribution is -2.12. The van der Waals surface area contributed by atoms with Crippen molar-refractivity contribution in [1.29, 1.82) is 0 Å². The van der Waals surface area contributed by atoms with E-state index in [4.69, 9.17) is 0 Å². The highest BCUT2D eigenvalue weighted by Gasteiger charge is 2.13. The minimum Gasteiger partial charge on any atom is -0.280 e. The number of rotatable bonds is 3. The number of halogens is 1. The van der Waals surface area contributed by atoms with E-state index in [1.54, 1.807) is 24.3 Å². The number of pyridine rings is 1. The van der Waals surface area contributed by atoms with Gasteiger partial charge in [-0.05, 0) is 36.4 Å². The SMILES string of the molecule is O=S(=O)(Nc1ccncc1)c1ccc(Br)cc1. The topological polar surface area (TPSA) is 59.1 Å². The van der Waals surface area contributed by atoms with E-state index in [-0.39, 0.29) is 4.90 Å². The normalized spacial score (nSPS) is 11.1. The van der Waals surface area contributed by atoms with Gasteiger partial charge in [0, 0.05) is 16.9 Å². The van der Waals surface area contributed by atoms with Crippen LogP contribution in [0, 0.1) is 0 Å². The molecule has 0 amide bonds. The summed E-state index contributed by atoms with van der Waals surface area (Å²) in [5.74, 6) is 0. The van der Waals surface area contributed by atoms with Crippen LogP contribution < -0.4 is 4.72 Å². The Hall–Kier alpha value is -1.40. The van der Waals surface area contributed by atoms with Gasteiger partial charge in [-0.1, -0.05) is 15.9 Å². The maximum atomic E-state index is 12.0. The fourth-order valence-corrected chi connectivity index (χ4v) is 2.57. The van der Waals surface area contributed by atoms with Gasteiger partial charge in [0.1, 0.15) is 0 Å². The predicted molar refractivity (Wildman–Crippen MR) is 69.2 cm³/mol. The lowest BCUT2D eigenvalue weighted by atomic mass is 10.4. The molecular formula is C11H9BrN2O2S. The van der Waals surface area contributed by atoms with E-state index >= 15 is 0 Å². The molecule has 0 saturated heterocycles. The maximum Gasteiger partial charge on any atom is 0.261 e. The van der Waals surface area contributed by atoms with E-state index in [9.17, 15) is 8.42 Å². The van der Waals surface area contributed by atoms with Crippen LogP contribution in [0.5, 0.6) is 0 Å². The smallest absolute Gasteiger partial charge is 0.261 e. The lowest BCUT2D eigenvalue weighted by Gasteiger charge is -2.07. The molecule has 0 bridgehead atoms. The average molecular weight is 313 g/mol. The van der Waals surface area contributed by atoms with Crippen LogP contribution in [0.1, 0.15) is 0 Å². The first-order chi connectivity index (χ1) is 8.08. The average Bonchev–Trinajstić information content (AvgIpc) is 2.30. The third-order valence-electron chi connectivity index (χ3n) is 2.06. The van der Waals surface area contributed by atoms with Gasteiger partial charge < -0.3 is 0 Å². The molecule has 1 heterocycles. The van der Waals surface area contributed by atoms with Gasteiger partial charge in [0.2, 0.25) is 0 Å². The highest BCUT2D eigenvalue weighted by Crippen LogP contribution is 2.17. The third kappa shape index (κ3) is 3.04. The van der Waals surface area contributed by atoms with Crippen molar-refractivity contribution < 1.29 is 8.42 Å². The van der Waals surface area contributed by atoms with Gasteiger partial charge in [0.25, 0.3) is 10.0 Å². The number of hydrogen-bond acceptors (Lipinski definition) is 3. The van der Waals surface area contributed by atoms with Gasteiger partial charge in [0.15, 0.2) is 0 Å². The van der Waals surface area contributed by atoms with E-state index in [1.807, 2.05) is 0 Å².